The Hall–Kier alpha value is -2.54. The van der Waals surface area contributed by atoms with E-state index in [9.17, 15) is 19.2 Å². The highest BCUT2D eigenvalue weighted by Gasteiger charge is 2.31. The van der Waals surface area contributed by atoms with Crippen LogP contribution >= 0.6 is 11.8 Å². The average molecular weight is 476 g/mol. The van der Waals surface area contributed by atoms with E-state index in [-0.39, 0.29) is 24.8 Å². The van der Waals surface area contributed by atoms with E-state index in [2.05, 4.69) is 20.9 Å². The molecule has 4 atom stereocenters. The number of rotatable bonds is 16. The molecule has 0 aromatic heterocycles. The van der Waals surface area contributed by atoms with Gasteiger partial charge in [-0.05, 0) is 37.2 Å². The van der Waals surface area contributed by atoms with Gasteiger partial charge in [-0.25, -0.2) is 0 Å². The van der Waals surface area contributed by atoms with Crippen molar-refractivity contribution in [1.29, 1.82) is 0 Å². The highest BCUT2D eigenvalue weighted by molar-refractivity contribution is 7.98. The minimum absolute atomic E-state index is 0.0988. The summed E-state index contributed by atoms with van der Waals surface area (Å²) in [4.78, 5) is 52.5. The van der Waals surface area contributed by atoms with Crippen molar-refractivity contribution in [1.82, 2.24) is 16.0 Å². The summed E-state index contributed by atoms with van der Waals surface area (Å²) in [6, 6.07) is -2.68. The molecule has 0 radical (unpaired) electrons. The lowest BCUT2D eigenvalue weighted by molar-refractivity contribution is -0.138. The van der Waals surface area contributed by atoms with E-state index in [0.717, 1.165) is 0 Å². The van der Waals surface area contributed by atoms with E-state index in [0.29, 0.717) is 25.0 Å². The van der Waals surface area contributed by atoms with Crippen molar-refractivity contribution in [2.24, 2.45) is 28.1 Å². The molecule has 0 fully saturated rings. The van der Waals surface area contributed by atoms with Gasteiger partial charge in [-0.15, -0.1) is 0 Å². The van der Waals surface area contributed by atoms with Crippen LogP contribution in [0.2, 0.25) is 0 Å². The van der Waals surface area contributed by atoms with Crippen LogP contribution in [-0.4, -0.2) is 78.0 Å². The van der Waals surface area contributed by atoms with Crippen LogP contribution in [0.1, 0.15) is 39.5 Å². The topological polar surface area (TPSA) is 215 Å². The molecule has 0 aliphatic carbocycles. The Morgan fingerprint density at radius 3 is 2.25 bits per heavy atom. The number of nitrogens with one attached hydrogen (secondary N) is 3. The Morgan fingerprint density at radius 2 is 1.72 bits per heavy atom. The number of nitrogens with zero attached hydrogens (tertiary/aromatic N) is 1. The zero-order valence-corrected chi connectivity index (χ0v) is 19.7. The Labute approximate surface area is 192 Å². The second-order valence-electron chi connectivity index (χ2n) is 7.38. The number of aliphatic imine (C=N–C) groups is 1. The zero-order valence-electron chi connectivity index (χ0n) is 18.9. The van der Waals surface area contributed by atoms with Crippen molar-refractivity contribution in [3.63, 3.8) is 0 Å². The number of guanidine groups is 1. The van der Waals surface area contributed by atoms with Gasteiger partial charge in [0, 0.05) is 6.54 Å². The minimum Gasteiger partial charge on any atom is -0.480 e. The van der Waals surface area contributed by atoms with Crippen LogP contribution < -0.4 is 33.2 Å². The number of thioether (sulfide) groups is 1. The molecule has 0 aromatic carbocycles. The van der Waals surface area contributed by atoms with Crippen molar-refractivity contribution >= 4 is 41.4 Å². The van der Waals surface area contributed by atoms with E-state index in [1.165, 1.54) is 0 Å². The average Bonchev–Trinajstić information content (AvgIpc) is 2.74. The highest BCUT2D eigenvalue weighted by Crippen LogP contribution is 2.10. The maximum absolute atomic E-state index is 13.0. The summed E-state index contributed by atoms with van der Waals surface area (Å²) in [6.07, 6.45) is 3.50. The number of carboxylic acids is 1. The summed E-state index contributed by atoms with van der Waals surface area (Å²) in [5.41, 5.74) is 16.5. The van der Waals surface area contributed by atoms with Crippen LogP contribution in [0.25, 0.3) is 0 Å². The van der Waals surface area contributed by atoms with Crippen LogP contribution in [0.15, 0.2) is 4.99 Å². The van der Waals surface area contributed by atoms with Gasteiger partial charge in [0.15, 0.2) is 5.96 Å². The normalized spacial score (nSPS) is 14.4. The summed E-state index contributed by atoms with van der Waals surface area (Å²) < 4.78 is 0. The van der Waals surface area contributed by atoms with Gasteiger partial charge in [-0.3, -0.25) is 24.2 Å². The van der Waals surface area contributed by atoms with Gasteiger partial charge in [0.25, 0.3) is 0 Å². The molecule has 184 valence electrons. The van der Waals surface area contributed by atoms with Crippen LogP contribution in [0.4, 0.5) is 0 Å². The van der Waals surface area contributed by atoms with Crippen LogP contribution in [0.3, 0.4) is 0 Å². The molecule has 4 unspecified atom stereocenters. The molecule has 0 aliphatic heterocycles. The van der Waals surface area contributed by atoms with E-state index in [1.54, 1.807) is 18.7 Å². The van der Waals surface area contributed by atoms with Crippen molar-refractivity contribution in [2.75, 3.05) is 25.1 Å². The SMILES string of the molecule is CCC(C)C(NC(=O)C(N)CCSC)C(=O)NC(CCCN=C(N)N)C(=O)NCC(=O)O. The third-order valence-corrected chi connectivity index (χ3v) is 5.40. The number of carbonyl (C=O) groups is 4. The molecule has 3 amide bonds. The quantitative estimate of drug-likeness (QED) is 0.0771. The molecule has 0 aromatic rings. The van der Waals surface area contributed by atoms with Crippen molar-refractivity contribution in [3.05, 3.63) is 0 Å². The molecule has 0 heterocycles. The molecule has 0 saturated heterocycles. The second kappa shape index (κ2) is 16.1. The van der Waals surface area contributed by atoms with Gasteiger partial charge < -0.3 is 38.3 Å². The first-order valence-electron chi connectivity index (χ1n) is 10.4. The lowest BCUT2D eigenvalue weighted by atomic mass is 9.97. The minimum atomic E-state index is -1.21. The first-order chi connectivity index (χ1) is 15.0. The first-order valence-corrected chi connectivity index (χ1v) is 11.8. The predicted octanol–water partition coefficient (Wildman–Crippen LogP) is -1.66. The fourth-order valence-corrected chi connectivity index (χ4v) is 3.15. The predicted molar refractivity (Wildman–Crippen MR) is 125 cm³/mol. The molecule has 13 heteroatoms. The molecular formula is C19H37N7O5S. The summed E-state index contributed by atoms with van der Waals surface area (Å²) in [6.45, 7) is 3.32. The van der Waals surface area contributed by atoms with Crippen LogP contribution in [0.5, 0.6) is 0 Å². The molecule has 0 rings (SSSR count). The van der Waals surface area contributed by atoms with Gasteiger partial charge in [-0.2, -0.15) is 11.8 Å². The van der Waals surface area contributed by atoms with E-state index >= 15 is 0 Å². The fourth-order valence-electron chi connectivity index (χ4n) is 2.66. The van der Waals surface area contributed by atoms with Crippen LogP contribution in [0, 0.1) is 5.92 Å². The molecule has 0 spiro atoms. The maximum Gasteiger partial charge on any atom is 0.322 e. The molecule has 10 N–H and O–H groups in total. The van der Waals surface area contributed by atoms with E-state index < -0.39 is 48.4 Å². The molecule has 0 aliphatic rings. The molecule has 0 bridgehead atoms. The lowest BCUT2D eigenvalue weighted by Crippen LogP contribution is -2.57. The van der Waals surface area contributed by atoms with Crippen LogP contribution in [-0.2, 0) is 19.2 Å². The zero-order chi connectivity index (χ0) is 24.7. The van der Waals surface area contributed by atoms with Gasteiger partial charge in [0.05, 0.1) is 6.04 Å². The summed E-state index contributed by atoms with van der Waals surface area (Å²) in [5, 5.41) is 16.4. The third kappa shape index (κ3) is 12.3. The number of hydrogen-bond acceptors (Lipinski definition) is 7. The van der Waals surface area contributed by atoms with Crippen molar-refractivity contribution in [2.45, 2.75) is 57.7 Å². The highest BCUT2D eigenvalue weighted by atomic mass is 32.2. The van der Waals surface area contributed by atoms with Crippen molar-refractivity contribution in [3.8, 4) is 0 Å². The number of amides is 3. The summed E-state index contributed by atoms with van der Waals surface area (Å²) >= 11 is 1.56. The largest absolute Gasteiger partial charge is 0.480 e. The number of carbonyl (C=O) groups excluding carboxylic acids is 3. The number of aliphatic carboxylic acids is 1. The lowest BCUT2D eigenvalue weighted by Gasteiger charge is -2.27. The maximum atomic E-state index is 13.0. The van der Waals surface area contributed by atoms with Crippen molar-refractivity contribution < 1.29 is 24.3 Å². The monoisotopic (exact) mass is 475 g/mol. The fraction of sp³-hybridized carbons (Fsp3) is 0.737. The summed E-state index contributed by atoms with van der Waals surface area (Å²) in [5.74, 6) is -2.49. The second-order valence-corrected chi connectivity index (χ2v) is 8.37. The van der Waals surface area contributed by atoms with Gasteiger partial charge in [0.2, 0.25) is 17.7 Å². The third-order valence-electron chi connectivity index (χ3n) is 4.76. The van der Waals surface area contributed by atoms with Gasteiger partial charge in [-0.1, -0.05) is 20.3 Å². The molecular weight excluding hydrogens is 438 g/mol. The van der Waals surface area contributed by atoms with Gasteiger partial charge in [0.1, 0.15) is 18.6 Å². The van der Waals surface area contributed by atoms with E-state index in [4.69, 9.17) is 22.3 Å². The Morgan fingerprint density at radius 1 is 1.06 bits per heavy atom. The van der Waals surface area contributed by atoms with Gasteiger partial charge >= 0.3 is 5.97 Å². The molecule has 12 nitrogen and oxygen atoms in total. The van der Waals surface area contributed by atoms with E-state index in [1.807, 2.05) is 13.2 Å². The number of carboxylic acid groups (broad SMARTS) is 1. The Kier molecular flexibility index (Phi) is 14.9. The molecule has 0 saturated carbocycles. The number of nitrogens with two attached hydrogens (primary N) is 3. The summed E-state index contributed by atoms with van der Waals surface area (Å²) in [7, 11) is 0. The Bertz CT molecular complexity index is 658. The Balaban J connectivity index is 5.32. The first kappa shape index (κ1) is 29.5. The number of hydrogen-bond donors (Lipinski definition) is 7. The smallest absolute Gasteiger partial charge is 0.322 e. The standard InChI is InChI=1S/C19H37N7O5S/c1-4-11(2)15(26-16(29)12(20)7-9-32-3)18(31)25-13(6-5-8-23-19(21)22)17(30)24-10-14(27)28/h11-13,15H,4-10,20H2,1-3H3,(H,24,30)(H,25,31)(H,26,29)(H,27,28)(H4,21,22,23). The molecule has 32 heavy (non-hydrogen) atoms.